The first-order chi connectivity index (χ1) is 13.3. The summed E-state index contributed by atoms with van der Waals surface area (Å²) in [6.45, 7) is 4.50. The Labute approximate surface area is 161 Å². The largest absolute Gasteiger partial charge is 0.373 e. The Balaban J connectivity index is 1.49. The van der Waals surface area contributed by atoms with E-state index in [2.05, 4.69) is 19.1 Å². The third-order valence-electron chi connectivity index (χ3n) is 5.26. The highest BCUT2D eigenvalue weighted by molar-refractivity contribution is 5.13. The highest BCUT2D eigenvalue weighted by atomic mass is 16.8. The van der Waals surface area contributed by atoms with Gasteiger partial charge in [0.2, 0.25) is 0 Å². The quantitative estimate of drug-likeness (QED) is 0.693. The zero-order valence-electron chi connectivity index (χ0n) is 16.0. The highest BCUT2D eigenvalue weighted by Gasteiger charge is 2.53. The Morgan fingerprint density at radius 1 is 1.00 bits per heavy atom. The summed E-state index contributed by atoms with van der Waals surface area (Å²) in [5.41, 5.74) is 1.12. The van der Waals surface area contributed by atoms with Crippen molar-refractivity contribution in [2.24, 2.45) is 0 Å². The fourth-order valence-corrected chi connectivity index (χ4v) is 3.89. The molecule has 1 aromatic carbocycles. The van der Waals surface area contributed by atoms with Crippen LogP contribution >= 0.6 is 0 Å². The van der Waals surface area contributed by atoms with E-state index in [1.807, 2.05) is 18.2 Å². The van der Waals surface area contributed by atoms with Gasteiger partial charge in [-0.3, -0.25) is 0 Å². The molecule has 3 aliphatic heterocycles. The molecule has 150 valence electrons. The van der Waals surface area contributed by atoms with Crippen molar-refractivity contribution < 1.29 is 28.4 Å². The Bertz CT molecular complexity index is 561. The minimum absolute atomic E-state index is 0.116. The number of benzene rings is 1. The molecule has 6 heteroatoms. The van der Waals surface area contributed by atoms with Crippen LogP contribution < -0.4 is 0 Å². The fraction of sp³-hybridized carbons (Fsp3) is 0.714. The Morgan fingerprint density at radius 2 is 1.89 bits per heavy atom. The lowest BCUT2D eigenvalue weighted by Gasteiger charge is -2.42. The van der Waals surface area contributed by atoms with Crippen molar-refractivity contribution in [3.8, 4) is 0 Å². The molecule has 6 nitrogen and oxygen atoms in total. The van der Waals surface area contributed by atoms with E-state index in [1.54, 1.807) is 0 Å². The standard InChI is InChI=1S/C21H30O6/c1-2-11-23-18-16-14-25-21(26-16)20(27-17-10-6-7-12-22-17)19(18)24-13-15-8-4-3-5-9-15/h3-5,8-9,16-21H,2,6-7,10-14H2,1H3/t16-,17?,18+,19-,20-,21-/m1/s1. The minimum Gasteiger partial charge on any atom is -0.373 e. The molecule has 4 rings (SSSR count). The summed E-state index contributed by atoms with van der Waals surface area (Å²) in [6.07, 6.45) is 2.41. The second kappa shape index (κ2) is 9.45. The van der Waals surface area contributed by atoms with E-state index < -0.39 is 6.29 Å². The summed E-state index contributed by atoms with van der Waals surface area (Å²) in [7, 11) is 0. The van der Waals surface area contributed by atoms with Crippen LogP contribution in [0.3, 0.4) is 0 Å². The lowest BCUT2D eigenvalue weighted by Crippen LogP contribution is -2.58. The number of rotatable bonds is 8. The maximum Gasteiger partial charge on any atom is 0.187 e. The molecule has 3 saturated heterocycles. The average Bonchev–Trinajstić information content (AvgIpc) is 3.15. The molecule has 0 radical (unpaired) electrons. The summed E-state index contributed by atoms with van der Waals surface area (Å²) in [6, 6.07) is 10.2. The molecule has 1 aromatic rings. The van der Waals surface area contributed by atoms with Gasteiger partial charge in [-0.05, 0) is 31.2 Å². The third-order valence-corrected chi connectivity index (χ3v) is 5.26. The van der Waals surface area contributed by atoms with E-state index in [4.69, 9.17) is 28.4 Å². The molecule has 6 atom stereocenters. The van der Waals surface area contributed by atoms with Crippen LogP contribution in [0.15, 0.2) is 30.3 Å². The molecule has 2 bridgehead atoms. The molecule has 0 saturated carbocycles. The number of hydrogen-bond donors (Lipinski definition) is 0. The monoisotopic (exact) mass is 378 g/mol. The molecule has 0 aromatic heterocycles. The zero-order valence-corrected chi connectivity index (χ0v) is 16.0. The van der Waals surface area contributed by atoms with Crippen LogP contribution in [-0.4, -0.2) is 56.8 Å². The Kier molecular flexibility index (Phi) is 6.76. The number of hydrogen-bond acceptors (Lipinski definition) is 6. The summed E-state index contributed by atoms with van der Waals surface area (Å²) < 4.78 is 36.5. The van der Waals surface area contributed by atoms with Crippen LogP contribution in [0.25, 0.3) is 0 Å². The van der Waals surface area contributed by atoms with Gasteiger partial charge in [-0.15, -0.1) is 0 Å². The van der Waals surface area contributed by atoms with Gasteiger partial charge in [0.1, 0.15) is 24.4 Å². The van der Waals surface area contributed by atoms with Gasteiger partial charge in [0, 0.05) is 13.2 Å². The smallest absolute Gasteiger partial charge is 0.187 e. The summed E-state index contributed by atoms with van der Waals surface area (Å²) in [5, 5.41) is 0. The molecule has 0 aliphatic carbocycles. The molecule has 3 fully saturated rings. The van der Waals surface area contributed by atoms with Gasteiger partial charge in [-0.25, -0.2) is 0 Å². The molecule has 27 heavy (non-hydrogen) atoms. The summed E-state index contributed by atoms with van der Waals surface area (Å²) >= 11 is 0. The van der Waals surface area contributed by atoms with Crippen molar-refractivity contribution in [3.05, 3.63) is 35.9 Å². The topological polar surface area (TPSA) is 55.4 Å². The van der Waals surface area contributed by atoms with E-state index >= 15 is 0 Å². The first-order valence-corrected chi connectivity index (χ1v) is 10.2. The van der Waals surface area contributed by atoms with Gasteiger partial charge in [-0.1, -0.05) is 37.3 Å². The molecule has 3 heterocycles. The predicted molar refractivity (Wildman–Crippen MR) is 98.1 cm³/mol. The van der Waals surface area contributed by atoms with Gasteiger partial charge in [0.25, 0.3) is 0 Å². The predicted octanol–water partition coefficient (Wildman–Crippen LogP) is 3.03. The molecule has 1 unspecified atom stereocenters. The maximum absolute atomic E-state index is 6.35. The van der Waals surface area contributed by atoms with E-state index in [0.717, 1.165) is 37.9 Å². The minimum atomic E-state index is -0.428. The third kappa shape index (κ3) is 4.70. The highest BCUT2D eigenvalue weighted by Crippen LogP contribution is 2.35. The number of fused-ring (bicyclic) bond motifs is 2. The SMILES string of the molecule is CCCO[C@@H]1[C@@H](OCc2ccccc2)[C@@H](OC2CCCCO2)[C@@H]2OC[C@H]1O2. The Hall–Kier alpha value is -1.02. The van der Waals surface area contributed by atoms with Crippen LogP contribution in [0.2, 0.25) is 0 Å². The average molecular weight is 378 g/mol. The van der Waals surface area contributed by atoms with Crippen LogP contribution in [-0.2, 0) is 35.0 Å². The molecule has 0 amide bonds. The van der Waals surface area contributed by atoms with Gasteiger partial charge >= 0.3 is 0 Å². The maximum atomic E-state index is 6.35. The lowest BCUT2D eigenvalue weighted by atomic mass is 10.00. The molecular weight excluding hydrogens is 348 g/mol. The van der Waals surface area contributed by atoms with Crippen molar-refractivity contribution in [2.75, 3.05) is 19.8 Å². The lowest BCUT2D eigenvalue weighted by molar-refractivity contribution is -0.304. The fourth-order valence-electron chi connectivity index (χ4n) is 3.89. The molecule has 0 N–H and O–H groups in total. The first-order valence-electron chi connectivity index (χ1n) is 10.2. The van der Waals surface area contributed by atoms with Crippen molar-refractivity contribution in [1.29, 1.82) is 0 Å². The van der Waals surface area contributed by atoms with Gasteiger partial charge in [0.15, 0.2) is 12.6 Å². The van der Waals surface area contributed by atoms with Crippen LogP contribution in [0.5, 0.6) is 0 Å². The second-order valence-corrected chi connectivity index (χ2v) is 7.37. The normalized spacial score (nSPS) is 36.0. The van der Waals surface area contributed by atoms with Crippen LogP contribution in [0, 0.1) is 0 Å². The summed E-state index contributed by atoms with van der Waals surface area (Å²) in [4.78, 5) is 0. The Morgan fingerprint density at radius 3 is 2.67 bits per heavy atom. The molecular formula is C21H30O6. The van der Waals surface area contributed by atoms with Gasteiger partial charge in [-0.2, -0.15) is 0 Å². The van der Waals surface area contributed by atoms with E-state index in [0.29, 0.717) is 19.8 Å². The number of ether oxygens (including phenoxy) is 6. The van der Waals surface area contributed by atoms with Gasteiger partial charge in [0.05, 0.1) is 13.2 Å². The van der Waals surface area contributed by atoms with E-state index in [-0.39, 0.29) is 30.7 Å². The van der Waals surface area contributed by atoms with E-state index in [9.17, 15) is 0 Å². The van der Waals surface area contributed by atoms with Crippen molar-refractivity contribution in [1.82, 2.24) is 0 Å². The van der Waals surface area contributed by atoms with Gasteiger partial charge < -0.3 is 28.4 Å². The molecule has 0 spiro atoms. The summed E-state index contributed by atoms with van der Waals surface area (Å²) in [5.74, 6) is 0. The molecule has 3 aliphatic rings. The first kappa shape index (κ1) is 19.3. The van der Waals surface area contributed by atoms with Crippen LogP contribution in [0.1, 0.15) is 38.2 Å². The van der Waals surface area contributed by atoms with Crippen LogP contribution in [0.4, 0.5) is 0 Å². The zero-order chi connectivity index (χ0) is 18.5. The van der Waals surface area contributed by atoms with Crippen molar-refractivity contribution >= 4 is 0 Å². The second-order valence-electron chi connectivity index (χ2n) is 7.37. The van der Waals surface area contributed by atoms with Crippen molar-refractivity contribution in [2.45, 2.75) is 76.2 Å². The van der Waals surface area contributed by atoms with E-state index in [1.165, 1.54) is 0 Å². The van der Waals surface area contributed by atoms with Crippen molar-refractivity contribution in [3.63, 3.8) is 0 Å².